The van der Waals surface area contributed by atoms with Gasteiger partial charge in [0.05, 0.1) is 18.1 Å². The lowest BCUT2D eigenvalue weighted by Gasteiger charge is -2.21. The molecule has 0 saturated heterocycles. The van der Waals surface area contributed by atoms with Crippen LogP contribution in [0.2, 0.25) is 0 Å². The van der Waals surface area contributed by atoms with Crippen LogP contribution in [-0.4, -0.2) is 18.7 Å². The van der Waals surface area contributed by atoms with Gasteiger partial charge in [-0.3, -0.25) is 0 Å². The highest BCUT2D eigenvalue weighted by Crippen LogP contribution is 2.28. The third-order valence-electron chi connectivity index (χ3n) is 2.64. The molecule has 0 aromatic heterocycles. The highest BCUT2D eigenvalue weighted by molar-refractivity contribution is 9.10. The van der Waals surface area contributed by atoms with E-state index in [2.05, 4.69) is 22.0 Å². The van der Waals surface area contributed by atoms with Crippen LogP contribution in [0.1, 0.15) is 25.5 Å². The molecule has 0 aliphatic carbocycles. The average molecular weight is 297 g/mol. The third-order valence-corrected chi connectivity index (χ3v) is 3.33. The molecule has 17 heavy (non-hydrogen) atoms. The fourth-order valence-corrected chi connectivity index (χ4v) is 2.35. The normalized spacial score (nSPS) is 13.9. The summed E-state index contributed by atoms with van der Waals surface area (Å²) in [7, 11) is 1.96. The predicted molar refractivity (Wildman–Crippen MR) is 72.8 cm³/mol. The summed E-state index contributed by atoms with van der Waals surface area (Å²) >= 11 is 3.45. The topological polar surface area (TPSA) is 47.3 Å². The number of rotatable bonds is 4. The maximum atomic E-state index is 9.53. The van der Waals surface area contributed by atoms with Gasteiger partial charge in [-0.25, -0.2) is 0 Å². The molecule has 0 fully saturated rings. The lowest BCUT2D eigenvalue weighted by Crippen LogP contribution is -2.23. The van der Waals surface area contributed by atoms with Gasteiger partial charge in [0.2, 0.25) is 0 Å². The third kappa shape index (κ3) is 3.72. The van der Waals surface area contributed by atoms with Gasteiger partial charge >= 0.3 is 0 Å². The van der Waals surface area contributed by atoms with Gasteiger partial charge in [0, 0.05) is 23.8 Å². The van der Waals surface area contributed by atoms with Gasteiger partial charge < -0.3 is 10.0 Å². The number of aliphatic hydroxyl groups is 1. The molecular formula is C13H17BrN2O. The molecule has 0 aliphatic heterocycles. The van der Waals surface area contributed by atoms with Crippen LogP contribution >= 0.6 is 15.9 Å². The van der Waals surface area contributed by atoms with E-state index < -0.39 is 6.10 Å². The van der Waals surface area contributed by atoms with E-state index in [0.29, 0.717) is 6.54 Å². The molecule has 2 atom stereocenters. The smallest absolute Gasteiger partial charge is 0.0772 e. The van der Waals surface area contributed by atoms with Crippen LogP contribution in [0.5, 0.6) is 0 Å². The lowest BCUT2D eigenvalue weighted by atomic mass is 10.1. The number of nitriles is 1. The molecule has 0 aliphatic rings. The molecule has 1 N–H and O–H groups in total. The van der Waals surface area contributed by atoms with Crippen molar-refractivity contribution in [2.75, 3.05) is 18.5 Å². The summed E-state index contributed by atoms with van der Waals surface area (Å²) in [6, 6.07) is 8.04. The molecule has 1 unspecified atom stereocenters. The first kappa shape index (κ1) is 14.0. The van der Waals surface area contributed by atoms with Crippen LogP contribution in [0.3, 0.4) is 0 Å². The van der Waals surface area contributed by atoms with Crippen molar-refractivity contribution in [1.29, 1.82) is 5.26 Å². The Kier molecular flexibility index (Phi) is 4.98. The Labute approximate surface area is 111 Å². The van der Waals surface area contributed by atoms with Crippen molar-refractivity contribution in [2.45, 2.75) is 20.0 Å². The van der Waals surface area contributed by atoms with Gasteiger partial charge in [0.25, 0.3) is 0 Å². The lowest BCUT2D eigenvalue weighted by molar-refractivity contribution is 0.198. The van der Waals surface area contributed by atoms with Crippen LogP contribution in [0.15, 0.2) is 22.7 Å². The fraction of sp³-hybridized carbons (Fsp3) is 0.462. The summed E-state index contributed by atoms with van der Waals surface area (Å²) in [4.78, 5) is 2.03. The largest absolute Gasteiger partial charge is 0.389 e. The quantitative estimate of drug-likeness (QED) is 0.929. The first-order valence-electron chi connectivity index (χ1n) is 5.54. The average Bonchev–Trinajstić information content (AvgIpc) is 2.28. The minimum absolute atomic E-state index is 0.00443. The first-order valence-corrected chi connectivity index (χ1v) is 6.33. The van der Waals surface area contributed by atoms with E-state index in [1.165, 1.54) is 0 Å². The number of hydrogen-bond donors (Lipinski definition) is 1. The Morgan fingerprint density at radius 3 is 2.59 bits per heavy atom. The van der Waals surface area contributed by atoms with Crippen molar-refractivity contribution in [3.8, 4) is 6.07 Å². The van der Waals surface area contributed by atoms with Gasteiger partial charge in [-0.1, -0.05) is 22.0 Å². The molecule has 0 heterocycles. The van der Waals surface area contributed by atoms with Gasteiger partial charge in [-0.15, -0.1) is 0 Å². The highest BCUT2D eigenvalue weighted by atomic mass is 79.9. The summed E-state index contributed by atoms with van der Waals surface area (Å²) < 4.78 is 0.890. The van der Waals surface area contributed by atoms with E-state index in [1.54, 1.807) is 6.92 Å². The second kappa shape index (κ2) is 6.04. The molecule has 4 heteroatoms. The van der Waals surface area contributed by atoms with Gasteiger partial charge in [0.15, 0.2) is 0 Å². The maximum Gasteiger partial charge on any atom is 0.0772 e. The molecular weight excluding hydrogens is 280 g/mol. The zero-order valence-corrected chi connectivity index (χ0v) is 11.9. The zero-order valence-electron chi connectivity index (χ0n) is 10.3. The van der Waals surface area contributed by atoms with Crippen molar-refractivity contribution >= 4 is 21.6 Å². The van der Waals surface area contributed by atoms with Crippen molar-refractivity contribution in [3.05, 3.63) is 28.2 Å². The summed E-state index contributed by atoms with van der Waals surface area (Å²) in [6.07, 6.45) is -0.484. The summed E-state index contributed by atoms with van der Waals surface area (Å²) in [5.41, 5.74) is 1.90. The van der Waals surface area contributed by atoms with Crippen LogP contribution in [-0.2, 0) is 0 Å². The summed E-state index contributed by atoms with van der Waals surface area (Å²) in [5.74, 6) is -0.00443. The molecule has 1 aromatic rings. The maximum absolute atomic E-state index is 9.53. The summed E-state index contributed by atoms with van der Waals surface area (Å²) in [5, 5.41) is 18.3. The Morgan fingerprint density at radius 2 is 2.12 bits per heavy atom. The van der Waals surface area contributed by atoms with E-state index in [9.17, 15) is 5.11 Å². The minimum Gasteiger partial charge on any atom is -0.389 e. The van der Waals surface area contributed by atoms with Gasteiger partial charge in [-0.2, -0.15) is 5.26 Å². The molecule has 92 valence electrons. The number of nitrogens with zero attached hydrogens (tertiary/aromatic N) is 2. The second-order valence-corrected chi connectivity index (χ2v) is 5.15. The van der Waals surface area contributed by atoms with Gasteiger partial charge in [-0.05, 0) is 31.5 Å². The monoisotopic (exact) mass is 296 g/mol. The van der Waals surface area contributed by atoms with Gasteiger partial charge in [0.1, 0.15) is 0 Å². The van der Waals surface area contributed by atoms with E-state index in [1.807, 2.05) is 37.1 Å². The zero-order chi connectivity index (χ0) is 13.0. The van der Waals surface area contributed by atoms with E-state index >= 15 is 0 Å². The van der Waals surface area contributed by atoms with Crippen molar-refractivity contribution in [3.63, 3.8) is 0 Å². The number of benzene rings is 1. The van der Waals surface area contributed by atoms with Crippen LogP contribution in [0.25, 0.3) is 0 Å². The minimum atomic E-state index is -0.484. The Morgan fingerprint density at radius 1 is 1.47 bits per heavy atom. The Bertz CT molecular complexity index is 426. The van der Waals surface area contributed by atoms with E-state index in [-0.39, 0.29) is 5.92 Å². The van der Waals surface area contributed by atoms with E-state index in [0.717, 1.165) is 15.7 Å². The Balaban J connectivity index is 2.87. The fourth-order valence-electron chi connectivity index (χ4n) is 1.65. The van der Waals surface area contributed by atoms with E-state index in [4.69, 9.17) is 5.26 Å². The predicted octanol–water partition coefficient (Wildman–Crippen LogP) is 3.10. The molecule has 0 spiro atoms. The Hall–Kier alpha value is -1.05. The number of aliphatic hydroxyl groups excluding tert-OH is 1. The van der Waals surface area contributed by atoms with Crippen LogP contribution < -0.4 is 4.90 Å². The van der Waals surface area contributed by atoms with Crippen LogP contribution in [0, 0.1) is 17.2 Å². The van der Waals surface area contributed by atoms with Crippen molar-refractivity contribution < 1.29 is 5.11 Å². The van der Waals surface area contributed by atoms with Crippen molar-refractivity contribution in [2.24, 2.45) is 5.92 Å². The second-order valence-electron chi connectivity index (χ2n) is 4.29. The summed E-state index contributed by atoms with van der Waals surface area (Å²) in [6.45, 7) is 4.33. The molecule has 0 amide bonds. The number of halogens is 1. The first-order chi connectivity index (χ1) is 7.95. The number of anilines is 1. The van der Waals surface area contributed by atoms with Crippen LogP contribution in [0.4, 0.5) is 5.69 Å². The SMILES string of the molecule is CC(C#N)CN(C)c1ccc([C@@H](C)O)c(Br)c1. The van der Waals surface area contributed by atoms with Crippen molar-refractivity contribution in [1.82, 2.24) is 0 Å². The molecule has 0 saturated carbocycles. The highest BCUT2D eigenvalue weighted by Gasteiger charge is 2.10. The number of hydrogen-bond acceptors (Lipinski definition) is 3. The molecule has 1 rings (SSSR count). The molecule has 3 nitrogen and oxygen atoms in total. The molecule has 0 radical (unpaired) electrons. The standard InChI is InChI=1S/C13H17BrN2O/c1-9(7-15)8-16(3)11-4-5-12(10(2)17)13(14)6-11/h4-6,9-10,17H,8H2,1-3H3/t9?,10-/m1/s1. The molecule has 1 aromatic carbocycles. The molecule has 0 bridgehead atoms.